The molecule has 1 spiro atoms. The summed E-state index contributed by atoms with van der Waals surface area (Å²) in [4.78, 5) is 12.0. The summed E-state index contributed by atoms with van der Waals surface area (Å²) in [7, 11) is 1.74. The van der Waals surface area contributed by atoms with Gasteiger partial charge in [-0.05, 0) is 43.9 Å². The van der Waals surface area contributed by atoms with Crippen molar-refractivity contribution in [3.8, 4) is 0 Å². The van der Waals surface area contributed by atoms with Crippen LogP contribution in [0.2, 0.25) is 0 Å². The molecule has 0 amide bonds. The second-order valence-electron chi connectivity index (χ2n) is 8.14. The molecule has 0 aromatic heterocycles. The van der Waals surface area contributed by atoms with Gasteiger partial charge in [-0.2, -0.15) is 0 Å². The Morgan fingerprint density at radius 2 is 1.96 bits per heavy atom. The van der Waals surface area contributed by atoms with Crippen LogP contribution in [0.5, 0.6) is 0 Å². The predicted octanol–water partition coefficient (Wildman–Crippen LogP) is 3.57. The van der Waals surface area contributed by atoms with Crippen LogP contribution in [0.15, 0.2) is 0 Å². The van der Waals surface area contributed by atoms with Crippen LogP contribution in [-0.2, 0) is 24.0 Å². The van der Waals surface area contributed by atoms with Gasteiger partial charge in [-0.15, -0.1) is 11.8 Å². The van der Waals surface area contributed by atoms with Crippen LogP contribution in [0, 0.1) is 23.7 Å². The van der Waals surface area contributed by atoms with Gasteiger partial charge in [0.15, 0.2) is 11.9 Å². The van der Waals surface area contributed by atoms with Crippen LogP contribution in [0.25, 0.3) is 0 Å². The number of hydrogen-bond acceptors (Lipinski definition) is 6. The van der Waals surface area contributed by atoms with Crippen molar-refractivity contribution in [3.05, 3.63) is 0 Å². The minimum absolute atomic E-state index is 0.126. The Morgan fingerprint density at radius 3 is 2.75 bits per heavy atom. The molecule has 8 atom stereocenters. The van der Waals surface area contributed by atoms with E-state index in [1.807, 2.05) is 18.7 Å². The van der Waals surface area contributed by atoms with Crippen LogP contribution in [-0.4, -0.2) is 42.6 Å². The summed E-state index contributed by atoms with van der Waals surface area (Å²) in [6.45, 7) is 7.37. The first-order chi connectivity index (χ1) is 11.5. The van der Waals surface area contributed by atoms with Gasteiger partial charge in [-0.3, -0.25) is 0 Å². The first-order valence-electron chi connectivity index (χ1n) is 9.31. The molecule has 5 nitrogen and oxygen atoms in total. The summed E-state index contributed by atoms with van der Waals surface area (Å²) in [5.41, 5.74) is -0.313. The van der Waals surface area contributed by atoms with E-state index in [0.717, 1.165) is 31.6 Å². The Hall–Kier alpha value is 0.150. The van der Waals surface area contributed by atoms with Gasteiger partial charge in [-0.25, -0.2) is 9.78 Å². The van der Waals surface area contributed by atoms with Crippen molar-refractivity contribution in [1.82, 2.24) is 0 Å². The van der Waals surface area contributed by atoms with Gasteiger partial charge in [0.25, 0.3) is 0 Å². The zero-order valence-electron chi connectivity index (χ0n) is 15.2. The van der Waals surface area contributed by atoms with Gasteiger partial charge in [0.2, 0.25) is 5.79 Å². The third-order valence-corrected chi connectivity index (χ3v) is 7.94. The molecule has 1 saturated carbocycles. The Morgan fingerprint density at radius 1 is 1.12 bits per heavy atom. The lowest BCUT2D eigenvalue weighted by atomic mass is 9.58. The van der Waals surface area contributed by atoms with Gasteiger partial charge < -0.3 is 14.2 Å². The van der Waals surface area contributed by atoms with Crippen molar-refractivity contribution < 1.29 is 24.0 Å². The normalized spacial score (nSPS) is 53.5. The summed E-state index contributed by atoms with van der Waals surface area (Å²) in [6.07, 6.45) is 4.04. The van der Waals surface area contributed by atoms with E-state index in [4.69, 9.17) is 24.0 Å². The average molecular weight is 359 g/mol. The molecule has 5 rings (SSSR count). The monoisotopic (exact) mass is 358 g/mol. The summed E-state index contributed by atoms with van der Waals surface area (Å²) in [5.74, 6) is 2.14. The van der Waals surface area contributed by atoms with E-state index in [-0.39, 0.29) is 11.7 Å². The number of methoxy groups -OCH3 is 1. The molecule has 0 aromatic carbocycles. The number of ether oxygens (including phenoxy) is 3. The summed E-state index contributed by atoms with van der Waals surface area (Å²) >= 11 is 1.84. The van der Waals surface area contributed by atoms with Gasteiger partial charge in [-0.1, -0.05) is 13.8 Å². The van der Waals surface area contributed by atoms with E-state index in [1.54, 1.807) is 7.11 Å². The third kappa shape index (κ3) is 2.57. The Kier molecular flexibility index (Phi) is 4.68. The molecule has 5 fully saturated rings. The fourth-order valence-electron chi connectivity index (χ4n) is 5.31. The SMILES string of the molecule is COCCS[C@@H]1O[C@@H]2O[C@@]3(C)CC[C@H]4[C@H](C)CC[C@@H]([C@H]1C)[C@@]24OO3. The summed E-state index contributed by atoms with van der Waals surface area (Å²) in [5, 5.41) is 0. The molecule has 138 valence electrons. The van der Waals surface area contributed by atoms with Crippen LogP contribution in [0.4, 0.5) is 0 Å². The minimum atomic E-state index is -0.681. The van der Waals surface area contributed by atoms with Crippen molar-refractivity contribution >= 4 is 11.8 Å². The van der Waals surface area contributed by atoms with Crippen LogP contribution >= 0.6 is 11.8 Å². The van der Waals surface area contributed by atoms with E-state index in [2.05, 4.69) is 13.8 Å². The molecule has 4 saturated heterocycles. The van der Waals surface area contributed by atoms with Gasteiger partial charge >= 0.3 is 0 Å². The molecule has 2 bridgehead atoms. The molecule has 4 heterocycles. The number of fused-ring (bicyclic) bond motifs is 2. The molecule has 6 heteroatoms. The standard InChI is InChI=1S/C18H30O5S/c1-11-5-6-14-12(2)15(24-10-9-19-4)20-16-18(14)13(11)7-8-17(3,21-16)22-23-18/h11-16H,5-10H2,1-4H3/t11-,12-,13+,14+,15+,16-,17-,18-/m1/s1. The lowest BCUT2D eigenvalue weighted by Gasteiger charge is -2.60. The van der Waals surface area contributed by atoms with Crippen molar-refractivity contribution in [2.45, 2.75) is 69.6 Å². The van der Waals surface area contributed by atoms with Crippen molar-refractivity contribution in [2.24, 2.45) is 23.7 Å². The molecule has 0 radical (unpaired) electrons. The third-order valence-electron chi connectivity index (χ3n) is 6.67. The lowest BCUT2D eigenvalue weighted by Crippen LogP contribution is -2.70. The molecular formula is C18H30O5S. The molecule has 1 aliphatic carbocycles. The van der Waals surface area contributed by atoms with Gasteiger partial charge in [0.05, 0.1) is 6.61 Å². The summed E-state index contributed by atoms with van der Waals surface area (Å²) in [6, 6.07) is 0. The Labute approximate surface area is 149 Å². The van der Waals surface area contributed by atoms with Crippen molar-refractivity contribution in [2.75, 3.05) is 19.5 Å². The highest BCUT2D eigenvalue weighted by atomic mass is 32.2. The fraction of sp³-hybridized carbons (Fsp3) is 1.00. The van der Waals surface area contributed by atoms with Crippen LogP contribution in [0.1, 0.15) is 46.5 Å². The average Bonchev–Trinajstić information content (AvgIpc) is 2.78. The lowest BCUT2D eigenvalue weighted by molar-refractivity contribution is -0.568. The molecule has 24 heavy (non-hydrogen) atoms. The van der Waals surface area contributed by atoms with Crippen LogP contribution in [0.3, 0.4) is 0 Å². The first kappa shape index (κ1) is 17.6. The topological polar surface area (TPSA) is 46.2 Å². The van der Waals surface area contributed by atoms with E-state index < -0.39 is 11.4 Å². The maximum absolute atomic E-state index is 6.48. The van der Waals surface area contributed by atoms with E-state index in [1.165, 1.54) is 6.42 Å². The summed E-state index contributed by atoms with van der Waals surface area (Å²) < 4.78 is 18.0. The quantitative estimate of drug-likeness (QED) is 0.565. The highest BCUT2D eigenvalue weighted by Gasteiger charge is 2.69. The molecule has 0 unspecified atom stereocenters. The molecule has 0 aromatic rings. The Balaban J connectivity index is 1.64. The minimum Gasteiger partial charge on any atom is -0.384 e. The number of hydrogen-bond donors (Lipinski definition) is 0. The first-order valence-corrected chi connectivity index (χ1v) is 10.4. The number of thioether (sulfide) groups is 1. The zero-order valence-corrected chi connectivity index (χ0v) is 16.0. The van der Waals surface area contributed by atoms with Gasteiger partial charge in [0, 0.05) is 25.2 Å². The molecule has 0 N–H and O–H groups in total. The number of rotatable bonds is 4. The second-order valence-corrected chi connectivity index (χ2v) is 9.34. The highest BCUT2D eigenvalue weighted by Crippen LogP contribution is 2.61. The molecular weight excluding hydrogens is 328 g/mol. The van der Waals surface area contributed by atoms with E-state index in [9.17, 15) is 0 Å². The van der Waals surface area contributed by atoms with E-state index >= 15 is 0 Å². The molecule has 5 aliphatic rings. The Bertz CT molecular complexity index is 476. The fourth-order valence-corrected chi connectivity index (χ4v) is 6.48. The maximum Gasteiger partial charge on any atom is 0.201 e. The van der Waals surface area contributed by atoms with Crippen molar-refractivity contribution in [3.63, 3.8) is 0 Å². The largest absolute Gasteiger partial charge is 0.384 e. The van der Waals surface area contributed by atoms with Crippen molar-refractivity contribution in [1.29, 1.82) is 0 Å². The zero-order chi connectivity index (χ0) is 16.9. The van der Waals surface area contributed by atoms with E-state index in [0.29, 0.717) is 23.7 Å². The van der Waals surface area contributed by atoms with Crippen LogP contribution < -0.4 is 0 Å². The maximum atomic E-state index is 6.48. The highest BCUT2D eigenvalue weighted by molar-refractivity contribution is 7.99. The smallest absolute Gasteiger partial charge is 0.201 e. The predicted molar refractivity (Wildman–Crippen MR) is 91.2 cm³/mol. The second kappa shape index (κ2) is 6.39. The molecule has 4 aliphatic heterocycles. The van der Waals surface area contributed by atoms with Gasteiger partial charge in [0.1, 0.15) is 5.44 Å².